The first-order valence-electron chi connectivity index (χ1n) is 6.57. The molecule has 0 saturated carbocycles. The van der Waals surface area contributed by atoms with Gasteiger partial charge in [-0.3, -0.25) is 4.79 Å². The molecule has 1 aliphatic heterocycles. The molecule has 0 spiro atoms. The standard InChI is InChI=1S/C13H25NO4/c1-8-9(2)12(7-17-11(4)15)18-13(10(8)3)16-6-5-14/h8-10,12-13H,5-7,14H2,1-4H3. The fourth-order valence-electron chi connectivity index (χ4n) is 2.25. The molecule has 2 N–H and O–H groups in total. The highest BCUT2D eigenvalue weighted by atomic mass is 16.7. The topological polar surface area (TPSA) is 70.8 Å². The molecule has 0 radical (unpaired) electrons. The lowest BCUT2D eigenvalue weighted by Crippen LogP contribution is -2.48. The van der Waals surface area contributed by atoms with Gasteiger partial charge in [0.25, 0.3) is 0 Å². The summed E-state index contributed by atoms with van der Waals surface area (Å²) in [7, 11) is 0. The van der Waals surface area contributed by atoms with E-state index in [0.717, 1.165) is 0 Å². The molecule has 5 heteroatoms. The number of hydrogen-bond acceptors (Lipinski definition) is 5. The van der Waals surface area contributed by atoms with Gasteiger partial charge in [-0.1, -0.05) is 20.8 Å². The van der Waals surface area contributed by atoms with E-state index in [9.17, 15) is 4.79 Å². The molecule has 106 valence electrons. The Bertz CT molecular complexity index is 272. The van der Waals surface area contributed by atoms with Crippen LogP contribution in [-0.4, -0.2) is 38.1 Å². The van der Waals surface area contributed by atoms with E-state index in [2.05, 4.69) is 20.8 Å². The van der Waals surface area contributed by atoms with Crippen molar-refractivity contribution in [1.82, 2.24) is 0 Å². The van der Waals surface area contributed by atoms with Crippen LogP contribution < -0.4 is 5.73 Å². The minimum atomic E-state index is -0.281. The first kappa shape index (κ1) is 15.4. The van der Waals surface area contributed by atoms with E-state index in [1.165, 1.54) is 6.92 Å². The number of hydrogen-bond donors (Lipinski definition) is 1. The van der Waals surface area contributed by atoms with E-state index in [4.69, 9.17) is 19.9 Å². The SMILES string of the molecule is CC(=O)OCC1OC(OCCN)C(C)C(C)C1C. The second-order valence-corrected chi connectivity index (χ2v) is 5.08. The number of carbonyl (C=O) groups excluding carboxylic acids is 1. The summed E-state index contributed by atoms with van der Waals surface area (Å²) in [5, 5.41) is 0. The van der Waals surface area contributed by atoms with Crippen molar-refractivity contribution in [2.24, 2.45) is 23.5 Å². The molecule has 18 heavy (non-hydrogen) atoms. The van der Waals surface area contributed by atoms with Crippen LogP contribution >= 0.6 is 0 Å². The molecule has 1 aliphatic rings. The Morgan fingerprint density at radius 1 is 1.22 bits per heavy atom. The lowest BCUT2D eigenvalue weighted by Gasteiger charge is -2.43. The van der Waals surface area contributed by atoms with Gasteiger partial charge in [0, 0.05) is 19.4 Å². The van der Waals surface area contributed by atoms with Gasteiger partial charge in [-0.05, 0) is 11.8 Å². The van der Waals surface area contributed by atoms with E-state index >= 15 is 0 Å². The highest BCUT2D eigenvalue weighted by molar-refractivity contribution is 5.65. The van der Waals surface area contributed by atoms with Crippen LogP contribution in [0.3, 0.4) is 0 Å². The second kappa shape index (κ2) is 7.07. The molecule has 0 aromatic heterocycles. The van der Waals surface area contributed by atoms with Crippen molar-refractivity contribution in [3.8, 4) is 0 Å². The summed E-state index contributed by atoms with van der Waals surface area (Å²) >= 11 is 0. The van der Waals surface area contributed by atoms with Gasteiger partial charge >= 0.3 is 5.97 Å². The van der Waals surface area contributed by atoms with E-state index in [1.54, 1.807) is 0 Å². The normalized spacial score (nSPS) is 36.4. The molecule has 0 aliphatic carbocycles. The summed E-state index contributed by atoms with van der Waals surface area (Å²) in [6, 6.07) is 0. The van der Waals surface area contributed by atoms with Gasteiger partial charge in [0.1, 0.15) is 6.61 Å². The Hall–Kier alpha value is -0.650. The number of nitrogens with two attached hydrogens (primary N) is 1. The average Bonchev–Trinajstić information content (AvgIpc) is 2.34. The number of ether oxygens (including phenoxy) is 3. The Morgan fingerprint density at radius 2 is 1.89 bits per heavy atom. The fourth-order valence-corrected chi connectivity index (χ4v) is 2.25. The van der Waals surface area contributed by atoms with Crippen LogP contribution in [0.25, 0.3) is 0 Å². The van der Waals surface area contributed by atoms with Gasteiger partial charge in [-0.15, -0.1) is 0 Å². The molecule has 5 unspecified atom stereocenters. The summed E-state index contributed by atoms with van der Waals surface area (Å²) in [4.78, 5) is 10.9. The molecular weight excluding hydrogens is 234 g/mol. The van der Waals surface area contributed by atoms with Crippen molar-refractivity contribution in [2.75, 3.05) is 19.8 Å². The van der Waals surface area contributed by atoms with Gasteiger partial charge in [-0.2, -0.15) is 0 Å². The molecule has 5 nitrogen and oxygen atoms in total. The van der Waals surface area contributed by atoms with Crippen LogP contribution in [0.5, 0.6) is 0 Å². The maximum Gasteiger partial charge on any atom is 0.302 e. The summed E-state index contributed by atoms with van der Waals surface area (Å²) in [5.74, 6) is 0.802. The van der Waals surface area contributed by atoms with Crippen molar-refractivity contribution >= 4 is 5.97 Å². The van der Waals surface area contributed by atoms with Crippen LogP contribution in [0, 0.1) is 17.8 Å². The summed E-state index contributed by atoms with van der Waals surface area (Å²) in [6.07, 6.45) is -0.372. The first-order chi connectivity index (χ1) is 8.47. The van der Waals surface area contributed by atoms with E-state index < -0.39 is 0 Å². The number of esters is 1. The molecule has 1 saturated heterocycles. The number of rotatable bonds is 5. The fraction of sp³-hybridized carbons (Fsp3) is 0.923. The molecule has 1 heterocycles. The van der Waals surface area contributed by atoms with Crippen LogP contribution in [0.1, 0.15) is 27.7 Å². The summed E-state index contributed by atoms with van der Waals surface area (Å²) in [6.45, 7) is 9.07. The maximum atomic E-state index is 10.9. The van der Waals surface area contributed by atoms with Crippen LogP contribution in [0.2, 0.25) is 0 Å². The van der Waals surface area contributed by atoms with Gasteiger partial charge < -0.3 is 19.9 Å². The van der Waals surface area contributed by atoms with Crippen molar-refractivity contribution in [3.05, 3.63) is 0 Å². The van der Waals surface area contributed by atoms with Crippen molar-refractivity contribution in [3.63, 3.8) is 0 Å². The van der Waals surface area contributed by atoms with E-state index in [0.29, 0.717) is 30.9 Å². The van der Waals surface area contributed by atoms with Gasteiger partial charge in [0.2, 0.25) is 0 Å². The number of carbonyl (C=O) groups is 1. The smallest absolute Gasteiger partial charge is 0.302 e. The van der Waals surface area contributed by atoms with Crippen LogP contribution in [0.4, 0.5) is 0 Å². The molecule has 5 atom stereocenters. The predicted octanol–water partition coefficient (Wildman–Crippen LogP) is 1.16. The Morgan fingerprint density at radius 3 is 2.44 bits per heavy atom. The van der Waals surface area contributed by atoms with Gasteiger partial charge in [-0.25, -0.2) is 0 Å². The predicted molar refractivity (Wildman–Crippen MR) is 67.8 cm³/mol. The lowest BCUT2D eigenvalue weighted by molar-refractivity contribution is -0.254. The molecule has 0 aromatic carbocycles. The van der Waals surface area contributed by atoms with Gasteiger partial charge in [0.15, 0.2) is 6.29 Å². The third-order valence-corrected chi connectivity index (χ3v) is 3.83. The first-order valence-corrected chi connectivity index (χ1v) is 6.57. The zero-order valence-electron chi connectivity index (χ0n) is 11.7. The summed E-state index contributed by atoms with van der Waals surface area (Å²) in [5.41, 5.74) is 5.44. The third kappa shape index (κ3) is 3.93. The Balaban J connectivity index is 2.58. The molecule has 0 amide bonds. The monoisotopic (exact) mass is 259 g/mol. The third-order valence-electron chi connectivity index (χ3n) is 3.83. The van der Waals surface area contributed by atoms with Crippen LogP contribution in [0.15, 0.2) is 0 Å². The quantitative estimate of drug-likeness (QED) is 0.750. The zero-order chi connectivity index (χ0) is 13.7. The van der Waals surface area contributed by atoms with Crippen molar-refractivity contribution < 1.29 is 19.0 Å². The average molecular weight is 259 g/mol. The van der Waals surface area contributed by atoms with Crippen molar-refractivity contribution in [2.45, 2.75) is 40.1 Å². The molecule has 0 bridgehead atoms. The molecule has 1 fully saturated rings. The van der Waals surface area contributed by atoms with Crippen molar-refractivity contribution in [1.29, 1.82) is 0 Å². The largest absolute Gasteiger partial charge is 0.463 e. The van der Waals surface area contributed by atoms with Crippen LogP contribution in [-0.2, 0) is 19.0 Å². The van der Waals surface area contributed by atoms with E-state index in [-0.39, 0.29) is 25.0 Å². The maximum absolute atomic E-state index is 10.9. The minimum absolute atomic E-state index is 0.108. The minimum Gasteiger partial charge on any atom is -0.463 e. The van der Waals surface area contributed by atoms with Gasteiger partial charge in [0.05, 0.1) is 12.7 Å². The Labute approximate surface area is 109 Å². The molecule has 0 aromatic rings. The van der Waals surface area contributed by atoms with E-state index in [1.807, 2.05) is 0 Å². The highest BCUT2D eigenvalue weighted by Crippen LogP contribution is 2.35. The highest BCUT2D eigenvalue weighted by Gasteiger charge is 2.39. The lowest BCUT2D eigenvalue weighted by atomic mass is 9.79. The Kier molecular flexibility index (Phi) is 6.05. The molecule has 1 rings (SSSR count). The zero-order valence-corrected chi connectivity index (χ0v) is 11.7. The second-order valence-electron chi connectivity index (χ2n) is 5.08. The molecular formula is C13H25NO4. The summed E-state index contributed by atoms with van der Waals surface area (Å²) < 4.78 is 16.5.